The zero-order valence-corrected chi connectivity index (χ0v) is 13.4. The Morgan fingerprint density at radius 2 is 1.58 bits per heavy atom. The zero-order chi connectivity index (χ0) is 16.8. The minimum absolute atomic E-state index is 0.236. The number of carbonyl (C=O) groups is 1. The molecule has 0 spiro atoms. The second kappa shape index (κ2) is 7.37. The molecule has 3 rings (SSSR count). The molecule has 2 aromatic carbocycles. The van der Waals surface area contributed by atoms with Gasteiger partial charge in [0.1, 0.15) is 0 Å². The maximum Gasteiger partial charge on any atom is 0.272 e. The van der Waals surface area contributed by atoms with Gasteiger partial charge in [-0.2, -0.15) is 0 Å². The highest BCUT2D eigenvalue weighted by Gasteiger charge is 2.10. The number of para-hydroxylation sites is 1. The number of hydrogen-bond acceptors (Lipinski definition) is 4. The van der Waals surface area contributed by atoms with Crippen LogP contribution in [0.15, 0.2) is 72.8 Å². The number of rotatable bonds is 5. The molecule has 0 saturated carbocycles. The van der Waals surface area contributed by atoms with Crippen LogP contribution in [0.4, 0.5) is 11.5 Å². The van der Waals surface area contributed by atoms with E-state index in [0.717, 1.165) is 11.3 Å². The average Bonchev–Trinajstić information content (AvgIpc) is 2.67. The third-order valence-corrected chi connectivity index (χ3v) is 3.67. The van der Waals surface area contributed by atoms with Crippen LogP contribution in [0.3, 0.4) is 0 Å². The fraction of sp³-hybridized carbons (Fsp3) is 0.105. The first kappa shape index (κ1) is 15.7. The van der Waals surface area contributed by atoms with Gasteiger partial charge in [-0.1, -0.05) is 48.5 Å². The molecule has 1 N–H and O–H groups in total. The van der Waals surface area contributed by atoms with Crippen LogP contribution in [0.2, 0.25) is 0 Å². The Morgan fingerprint density at radius 1 is 0.917 bits per heavy atom. The van der Waals surface area contributed by atoms with Crippen molar-refractivity contribution in [3.05, 3.63) is 84.1 Å². The number of aromatic nitrogens is 2. The molecule has 0 atom stereocenters. The van der Waals surface area contributed by atoms with E-state index >= 15 is 0 Å². The van der Waals surface area contributed by atoms with Crippen molar-refractivity contribution in [2.75, 3.05) is 11.9 Å². The van der Waals surface area contributed by atoms with E-state index in [-0.39, 0.29) is 5.91 Å². The number of nitrogens with one attached hydrogen (secondary N) is 1. The molecule has 0 aliphatic rings. The fourth-order valence-corrected chi connectivity index (χ4v) is 2.28. The average molecular weight is 318 g/mol. The van der Waals surface area contributed by atoms with Gasteiger partial charge in [0.15, 0.2) is 11.5 Å². The number of hydrogen-bond donors (Lipinski definition) is 1. The highest BCUT2D eigenvalue weighted by Crippen LogP contribution is 2.20. The second-order valence-electron chi connectivity index (χ2n) is 5.34. The topological polar surface area (TPSA) is 58.1 Å². The molecule has 0 aliphatic carbocycles. The summed E-state index contributed by atoms with van der Waals surface area (Å²) in [6.45, 7) is 0.465. The van der Waals surface area contributed by atoms with Crippen LogP contribution in [-0.2, 0) is 6.54 Å². The third kappa shape index (κ3) is 3.76. The van der Waals surface area contributed by atoms with Crippen molar-refractivity contribution in [3.8, 4) is 0 Å². The van der Waals surface area contributed by atoms with Crippen molar-refractivity contribution in [2.24, 2.45) is 0 Å². The molecule has 0 unspecified atom stereocenters. The van der Waals surface area contributed by atoms with Crippen molar-refractivity contribution in [1.29, 1.82) is 0 Å². The maximum absolute atomic E-state index is 12.1. The van der Waals surface area contributed by atoms with Crippen molar-refractivity contribution in [3.63, 3.8) is 0 Å². The van der Waals surface area contributed by atoms with Gasteiger partial charge in [0.05, 0.1) is 0 Å². The third-order valence-electron chi connectivity index (χ3n) is 3.67. The summed E-state index contributed by atoms with van der Waals surface area (Å²) in [5.74, 6) is 0.445. The van der Waals surface area contributed by atoms with Crippen molar-refractivity contribution in [1.82, 2.24) is 15.5 Å². The lowest BCUT2D eigenvalue weighted by molar-refractivity contribution is 0.0945. The molecule has 24 heavy (non-hydrogen) atoms. The molecule has 0 bridgehead atoms. The Kier molecular flexibility index (Phi) is 4.81. The van der Waals surface area contributed by atoms with Crippen LogP contribution < -0.4 is 10.2 Å². The van der Waals surface area contributed by atoms with Gasteiger partial charge >= 0.3 is 0 Å². The zero-order valence-electron chi connectivity index (χ0n) is 13.4. The smallest absolute Gasteiger partial charge is 0.272 e. The predicted molar refractivity (Wildman–Crippen MR) is 94.1 cm³/mol. The van der Waals surface area contributed by atoms with Crippen molar-refractivity contribution < 1.29 is 4.79 Å². The molecule has 5 nitrogen and oxygen atoms in total. The summed E-state index contributed by atoms with van der Waals surface area (Å²) in [7, 11) is 1.91. The van der Waals surface area contributed by atoms with Gasteiger partial charge in [-0.15, -0.1) is 10.2 Å². The van der Waals surface area contributed by atoms with Gasteiger partial charge in [0.25, 0.3) is 5.91 Å². The van der Waals surface area contributed by atoms with Crippen LogP contribution in [0.25, 0.3) is 0 Å². The van der Waals surface area contributed by atoms with Crippen molar-refractivity contribution in [2.45, 2.75) is 6.54 Å². The second-order valence-corrected chi connectivity index (χ2v) is 5.34. The van der Waals surface area contributed by atoms with Gasteiger partial charge in [-0.25, -0.2) is 0 Å². The molecule has 0 saturated heterocycles. The van der Waals surface area contributed by atoms with E-state index < -0.39 is 0 Å². The summed E-state index contributed by atoms with van der Waals surface area (Å²) in [4.78, 5) is 14.1. The Balaban J connectivity index is 1.64. The monoisotopic (exact) mass is 318 g/mol. The minimum Gasteiger partial charge on any atom is -0.347 e. The first-order valence-corrected chi connectivity index (χ1v) is 7.68. The quantitative estimate of drug-likeness (QED) is 0.785. The molecular formula is C19H18N4O. The van der Waals surface area contributed by atoms with Crippen LogP contribution in [0.1, 0.15) is 16.1 Å². The van der Waals surface area contributed by atoms with Gasteiger partial charge in [-0.05, 0) is 29.8 Å². The normalized spacial score (nSPS) is 10.2. The summed E-state index contributed by atoms with van der Waals surface area (Å²) in [6, 6.07) is 23.1. The highest BCUT2D eigenvalue weighted by molar-refractivity contribution is 5.92. The Morgan fingerprint density at radius 3 is 2.21 bits per heavy atom. The summed E-state index contributed by atoms with van der Waals surface area (Å²) in [5.41, 5.74) is 2.35. The van der Waals surface area contributed by atoms with Crippen LogP contribution in [0, 0.1) is 0 Å². The molecule has 0 radical (unpaired) electrons. The number of nitrogens with zero attached hydrogens (tertiary/aromatic N) is 3. The first-order chi connectivity index (χ1) is 11.7. The SMILES string of the molecule is CN(c1ccccc1)c1ccc(C(=O)NCc2ccccc2)nn1. The molecule has 5 heteroatoms. The van der Waals surface area contributed by atoms with Gasteiger partial charge < -0.3 is 10.2 Å². The molecule has 1 heterocycles. The lowest BCUT2D eigenvalue weighted by Crippen LogP contribution is -2.24. The van der Waals surface area contributed by atoms with Gasteiger partial charge in [0.2, 0.25) is 0 Å². The fourth-order valence-electron chi connectivity index (χ4n) is 2.28. The van der Waals surface area contributed by atoms with Crippen LogP contribution in [0.5, 0.6) is 0 Å². The molecule has 120 valence electrons. The summed E-state index contributed by atoms with van der Waals surface area (Å²) in [5, 5.41) is 11.0. The Hall–Kier alpha value is -3.21. The lowest BCUT2D eigenvalue weighted by Gasteiger charge is -2.17. The number of amides is 1. The molecule has 1 amide bonds. The summed E-state index contributed by atoms with van der Waals surface area (Å²) in [6.07, 6.45) is 0. The van der Waals surface area contributed by atoms with E-state index in [2.05, 4.69) is 15.5 Å². The van der Waals surface area contributed by atoms with E-state index in [4.69, 9.17) is 0 Å². The molecule has 0 aliphatic heterocycles. The first-order valence-electron chi connectivity index (χ1n) is 7.68. The Labute approximate surface area is 141 Å². The summed E-state index contributed by atoms with van der Waals surface area (Å²) < 4.78 is 0. The number of benzene rings is 2. The van der Waals surface area contributed by atoms with E-state index in [9.17, 15) is 4.79 Å². The van der Waals surface area contributed by atoms with E-state index in [1.807, 2.05) is 72.6 Å². The molecular weight excluding hydrogens is 300 g/mol. The van der Waals surface area contributed by atoms with Gasteiger partial charge in [0, 0.05) is 19.3 Å². The molecule has 3 aromatic rings. The van der Waals surface area contributed by atoms with E-state index in [1.165, 1.54) is 0 Å². The minimum atomic E-state index is -0.236. The van der Waals surface area contributed by atoms with Gasteiger partial charge in [-0.3, -0.25) is 4.79 Å². The maximum atomic E-state index is 12.1. The number of anilines is 2. The largest absolute Gasteiger partial charge is 0.347 e. The molecule has 1 aromatic heterocycles. The summed E-state index contributed by atoms with van der Waals surface area (Å²) >= 11 is 0. The Bertz CT molecular complexity index is 789. The van der Waals surface area contributed by atoms with E-state index in [1.54, 1.807) is 12.1 Å². The standard InChI is InChI=1S/C19H18N4O/c1-23(16-10-6-3-7-11-16)18-13-12-17(21-22-18)19(24)20-14-15-8-4-2-5-9-15/h2-13H,14H2,1H3,(H,20,24). The van der Waals surface area contributed by atoms with Crippen LogP contribution in [-0.4, -0.2) is 23.2 Å². The highest BCUT2D eigenvalue weighted by atomic mass is 16.1. The number of carbonyl (C=O) groups excluding carboxylic acids is 1. The van der Waals surface area contributed by atoms with Crippen molar-refractivity contribution >= 4 is 17.4 Å². The van der Waals surface area contributed by atoms with Crippen LogP contribution >= 0.6 is 0 Å². The lowest BCUT2D eigenvalue weighted by atomic mass is 10.2. The molecule has 0 fully saturated rings. The predicted octanol–water partition coefficient (Wildman–Crippen LogP) is 3.17. The van der Waals surface area contributed by atoms with E-state index in [0.29, 0.717) is 18.1 Å².